The predicted octanol–water partition coefficient (Wildman–Crippen LogP) is 5.51. The highest BCUT2D eigenvalue weighted by Gasteiger charge is 2.30. The first kappa shape index (κ1) is 20.9. The fourth-order valence-electron chi connectivity index (χ4n) is 5.18. The monoisotopic (exact) mass is 431 g/mol. The van der Waals surface area contributed by atoms with Crippen LogP contribution < -0.4 is 0 Å². The van der Waals surface area contributed by atoms with Gasteiger partial charge in [-0.3, -0.25) is 4.79 Å². The molecule has 0 radical (unpaired) electrons. The molecule has 0 N–H and O–H groups in total. The summed E-state index contributed by atoms with van der Waals surface area (Å²) in [4.78, 5) is 20.3. The van der Waals surface area contributed by atoms with E-state index in [2.05, 4.69) is 34.9 Å². The number of hydrogen-bond acceptors (Lipinski definition) is 2. The van der Waals surface area contributed by atoms with Crippen LogP contribution in [0.4, 0.5) is 4.39 Å². The Bertz CT molecular complexity index is 1080. The lowest BCUT2D eigenvalue weighted by Crippen LogP contribution is -2.39. The summed E-state index contributed by atoms with van der Waals surface area (Å²) < 4.78 is 16.1. The van der Waals surface area contributed by atoms with E-state index in [1.54, 1.807) is 6.07 Å². The van der Waals surface area contributed by atoms with Crippen molar-refractivity contribution < 1.29 is 9.18 Å². The van der Waals surface area contributed by atoms with E-state index in [9.17, 15) is 9.18 Å². The first-order chi connectivity index (χ1) is 15.7. The van der Waals surface area contributed by atoms with Gasteiger partial charge >= 0.3 is 0 Å². The molecule has 5 heteroatoms. The normalized spacial score (nSPS) is 17.1. The summed E-state index contributed by atoms with van der Waals surface area (Å²) in [7, 11) is 0. The Morgan fingerprint density at radius 1 is 0.969 bits per heavy atom. The largest absolute Gasteiger partial charge is 0.337 e. The number of halogens is 1. The first-order valence-corrected chi connectivity index (χ1v) is 11.9. The van der Waals surface area contributed by atoms with E-state index in [-0.39, 0.29) is 11.7 Å². The maximum Gasteiger partial charge on any atom is 0.274 e. The number of benzene rings is 2. The van der Waals surface area contributed by atoms with Crippen LogP contribution in [0.25, 0.3) is 11.4 Å². The van der Waals surface area contributed by atoms with Gasteiger partial charge in [0, 0.05) is 25.2 Å². The Labute approximate surface area is 189 Å². The summed E-state index contributed by atoms with van der Waals surface area (Å²) in [6.07, 6.45) is 7.24. The van der Waals surface area contributed by atoms with Crippen LogP contribution in [0.5, 0.6) is 0 Å². The van der Waals surface area contributed by atoms with Crippen LogP contribution in [0.1, 0.15) is 53.8 Å². The molecule has 3 aromatic rings. The van der Waals surface area contributed by atoms with Crippen LogP contribution in [-0.2, 0) is 19.4 Å². The van der Waals surface area contributed by atoms with Crippen molar-refractivity contribution >= 4 is 5.91 Å². The SMILES string of the molecule is O=C(c1nc(-c2cccc(F)c2)n2c1CCCCC2)N1CCC(Cc2ccccc2)CC1. The number of imidazole rings is 1. The standard InChI is InChI=1S/C27H30FN3O/c28-23-11-7-10-22(19-23)26-29-25(24-12-5-2-6-15-31(24)26)27(32)30-16-13-21(14-17-30)18-20-8-3-1-4-9-20/h1,3-4,7-11,19,21H,2,5-6,12-18H2. The van der Waals surface area contributed by atoms with Gasteiger partial charge in [0.2, 0.25) is 0 Å². The molecule has 32 heavy (non-hydrogen) atoms. The molecule has 3 heterocycles. The Hall–Kier alpha value is -2.95. The Morgan fingerprint density at radius 3 is 2.56 bits per heavy atom. The molecule has 0 aliphatic carbocycles. The van der Waals surface area contributed by atoms with Gasteiger partial charge in [0.05, 0.1) is 5.69 Å². The fourth-order valence-corrected chi connectivity index (χ4v) is 5.18. The molecule has 0 atom stereocenters. The summed E-state index contributed by atoms with van der Waals surface area (Å²) >= 11 is 0. The van der Waals surface area contributed by atoms with Crippen molar-refractivity contribution in [2.24, 2.45) is 5.92 Å². The number of nitrogens with zero attached hydrogens (tertiary/aromatic N) is 3. The number of carbonyl (C=O) groups is 1. The van der Waals surface area contributed by atoms with Crippen molar-refractivity contribution in [1.82, 2.24) is 14.5 Å². The number of amides is 1. The molecular formula is C27H30FN3O. The number of likely N-dealkylation sites (tertiary alicyclic amines) is 1. The van der Waals surface area contributed by atoms with Crippen LogP contribution in [0.15, 0.2) is 54.6 Å². The quantitative estimate of drug-likeness (QED) is 0.546. The van der Waals surface area contributed by atoms with Crippen molar-refractivity contribution in [3.05, 3.63) is 77.4 Å². The smallest absolute Gasteiger partial charge is 0.274 e. The van der Waals surface area contributed by atoms with Gasteiger partial charge in [0.25, 0.3) is 5.91 Å². The average Bonchev–Trinajstić information content (AvgIpc) is 3.00. The van der Waals surface area contributed by atoms with E-state index in [1.807, 2.05) is 11.0 Å². The molecule has 166 valence electrons. The van der Waals surface area contributed by atoms with Gasteiger partial charge in [0.1, 0.15) is 17.3 Å². The van der Waals surface area contributed by atoms with Gasteiger partial charge in [-0.1, -0.05) is 48.9 Å². The van der Waals surface area contributed by atoms with E-state index in [0.29, 0.717) is 11.6 Å². The van der Waals surface area contributed by atoms with Gasteiger partial charge in [0.15, 0.2) is 0 Å². The summed E-state index contributed by atoms with van der Waals surface area (Å²) in [5.41, 5.74) is 3.72. The number of fused-ring (bicyclic) bond motifs is 1. The summed E-state index contributed by atoms with van der Waals surface area (Å²) in [6.45, 7) is 2.39. The van der Waals surface area contributed by atoms with Gasteiger partial charge in [-0.15, -0.1) is 0 Å². The zero-order chi connectivity index (χ0) is 21.9. The maximum absolute atomic E-state index is 13.9. The van der Waals surface area contributed by atoms with Crippen molar-refractivity contribution in [3.8, 4) is 11.4 Å². The maximum atomic E-state index is 13.9. The van der Waals surface area contributed by atoms with E-state index in [4.69, 9.17) is 4.98 Å². The number of hydrogen-bond donors (Lipinski definition) is 0. The zero-order valence-electron chi connectivity index (χ0n) is 18.5. The van der Waals surface area contributed by atoms with E-state index < -0.39 is 0 Å². The first-order valence-electron chi connectivity index (χ1n) is 11.9. The van der Waals surface area contributed by atoms with Crippen molar-refractivity contribution in [2.75, 3.05) is 13.1 Å². The second kappa shape index (κ2) is 9.27. The number of piperidine rings is 1. The van der Waals surface area contributed by atoms with E-state index >= 15 is 0 Å². The third-order valence-corrected chi connectivity index (χ3v) is 6.92. The van der Waals surface area contributed by atoms with E-state index in [1.165, 1.54) is 17.7 Å². The average molecular weight is 432 g/mol. The lowest BCUT2D eigenvalue weighted by molar-refractivity contribution is 0.0684. The summed E-state index contributed by atoms with van der Waals surface area (Å²) in [5, 5.41) is 0. The van der Waals surface area contributed by atoms with Gasteiger partial charge in [-0.2, -0.15) is 0 Å². The lowest BCUT2D eigenvalue weighted by atomic mass is 9.90. The third-order valence-electron chi connectivity index (χ3n) is 6.92. The van der Waals surface area contributed by atoms with Crippen LogP contribution in [0.3, 0.4) is 0 Å². The molecule has 1 aromatic heterocycles. The van der Waals surface area contributed by atoms with Crippen molar-refractivity contribution in [1.29, 1.82) is 0 Å². The van der Waals surface area contributed by atoms with E-state index in [0.717, 1.165) is 81.7 Å². The minimum Gasteiger partial charge on any atom is -0.337 e. The summed E-state index contributed by atoms with van der Waals surface area (Å²) in [6, 6.07) is 17.2. The molecule has 0 spiro atoms. The van der Waals surface area contributed by atoms with Crippen molar-refractivity contribution in [2.45, 2.75) is 51.5 Å². The topological polar surface area (TPSA) is 38.1 Å². The second-order valence-corrected chi connectivity index (χ2v) is 9.13. The molecule has 1 amide bonds. The van der Waals surface area contributed by atoms with Crippen molar-refractivity contribution in [3.63, 3.8) is 0 Å². The molecule has 2 aliphatic heterocycles. The Morgan fingerprint density at radius 2 is 1.78 bits per heavy atom. The molecular weight excluding hydrogens is 401 g/mol. The predicted molar refractivity (Wildman–Crippen MR) is 124 cm³/mol. The highest BCUT2D eigenvalue weighted by atomic mass is 19.1. The van der Waals surface area contributed by atoms with Gasteiger partial charge < -0.3 is 9.47 Å². The number of carbonyl (C=O) groups excluding carboxylic acids is 1. The molecule has 1 saturated heterocycles. The Balaban J connectivity index is 1.36. The summed E-state index contributed by atoms with van der Waals surface area (Å²) in [5.74, 6) is 1.10. The minimum atomic E-state index is -0.276. The highest BCUT2D eigenvalue weighted by Crippen LogP contribution is 2.30. The molecule has 2 aromatic carbocycles. The molecule has 0 unspecified atom stereocenters. The molecule has 0 bridgehead atoms. The lowest BCUT2D eigenvalue weighted by Gasteiger charge is -2.32. The molecule has 1 fully saturated rings. The minimum absolute atomic E-state index is 0.0384. The van der Waals surface area contributed by atoms with Crippen LogP contribution in [0, 0.1) is 11.7 Å². The third kappa shape index (κ3) is 4.34. The number of rotatable bonds is 4. The van der Waals surface area contributed by atoms with Crippen LogP contribution in [0.2, 0.25) is 0 Å². The molecule has 5 rings (SSSR count). The zero-order valence-corrected chi connectivity index (χ0v) is 18.5. The van der Waals surface area contributed by atoms with Gasteiger partial charge in [-0.05, 0) is 62.1 Å². The number of aromatic nitrogens is 2. The second-order valence-electron chi connectivity index (χ2n) is 9.13. The fraction of sp³-hybridized carbons (Fsp3) is 0.407. The molecule has 0 saturated carbocycles. The van der Waals surface area contributed by atoms with Crippen LogP contribution in [-0.4, -0.2) is 33.4 Å². The molecule has 4 nitrogen and oxygen atoms in total. The Kier molecular flexibility index (Phi) is 6.06. The molecule has 2 aliphatic rings. The van der Waals surface area contributed by atoms with Crippen LogP contribution >= 0.6 is 0 Å². The van der Waals surface area contributed by atoms with Gasteiger partial charge in [-0.25, -0.2) is 9.37 Å². The highest BCUT2D eigenvalue weighted by molar-refractivity contribution is 5.94.